The zero-order valence-electron chi connectivity index (χ0n) is 16.4. The van der Waals surface area contributed by atoms with Crippen LogP contribution in [0.4, 0.5) is 5.82 Å². The highest BCUT2D eigenvalue weighted by atomic mass is 16.7. The summed E-state index contributed by atoms with van der Waals surface area (Å²) in [4.78, 5) is 25.5. The van der Waals surface area contributed by atoms with Gasteiger partial charge in [-0.2, -0.15) is 0 Å². The quantitative estimate of drug-likeness (QED) is 0.681. The molecule has 1 unspecified atom stereocenters. The van der Waals surface area contributed by atoms with Crippen molar-refractivity contribution < 1.29 is 19.4 Å². The lowest BCUT2D eigenvalue weighted by Gasteiger charge is -2.37. The highest BCUT2D eigenvalue weighted by Crippen LogP contribution is 2.65. The Labute approximate surface area is 172 Å². The maximum atomic E-state index is 12.5. The van der Waals surface area contributed by atoms with Crippen molar-refractivity contribution in [3.63, 3.8) is 0 Å². The monoisotopic (exact) mass is 407 g/mol. The normalized spacial score (nSPS) is 30.8. The molecule has 2 N–H and O–H groups in total. The molecule has 3 aliphatic rings. The summed E-state index contributed by atoms with van der Waals surface area (Å²) in [6, 6.07) is 8.90. The van der Waals surface area contributed by atoms with Gasteiger partial charge in [0.1, 0.15) is 29.7 Å². The highest BCUT2D eigenvalue weighted by molar-refractivity contribution is 6.06. The Balaban J connectivity index is 1.34. The van der Waals surface area contributed by atoms with E-state index in [2.05, 4.69) is 20.3 Å². The molecule has 4 atom stereocenters. The molecule has 2 saturated heterocycles. The first-order valence-electron chi connectivity index (χ1n) is 10.2. The molecule has 6 rings (SSSR count). The lowest BCUT2D eigenvalue weighted by Crippen LogP contribution is -2.48. The molecule has 9 heteroatoms. The number of anilines is 1. The number of nitrogens with one attached hydrogen (secondary N) is 1. The molecule has 4 heterocycles. The van der Waals surface area contributed by atoms with E-state index in [1.807, 2.05) is 13.0 Å². The summed E-state index contributed by atoms with van der Waals surface area (Å²) >= 11 is 0. The molecule has 1 amide bonds. The fourth-order valence-corrected chi connectivity index (χ4v) is 5.02. The smallest absolute Gasteiger partial charge is 0.256 e. The number of rotatable bonds is 4. The van der Waals surface area contributed by atoms with Crippen molar-refractivity contribution in [3.05, 3.63) is 48.5 Å². The Bertz CT molecular complexity index is 1140. The van der Waals surface area contributed by atoms with E-state index in [0.717, 1.165) is 12.8 Å². The number of aliphatic hydroxyl groups excluding tert-OH is 1. The van der Waals surface area contributed by atoms with Gasteiger partial charge in [0.2, 0.25) is 0 Å². The Kier molecular flexibility index (Phi) is 3.63. The van der Waals surface area contributed by atoms with Crippen LogP contribution in [0.5, 0.6) is 0 Å². The van der Waals surface area contributed by atoms with Crippen molar-refractivity contribution in [3.8, 4) is 0 Å². The van der Waals surface area contributed by atoms with Gasteiger partial charge in [0.25, 0.3) is 5.91 Å². The average Bonchev–Trinajstić information content (AvgIpc) is 3.23. The number of aromatic nitrogens is 4. The van der Waals surface area contributed by atoms with Crippen molar-refractivity contribution in [2.45, 2.75) is 55.8 Å². The molecule has 1 aromatic carbocycles. The van der Waals surface area contributed by atoms with Crippen LogP contribution in [0, 0.1) is 0 Å². The second-order valence-electron chi connectivity index (χ2n) is 8.14. The molecule has 30 heavy (non-hydrogen) atoms. The van der Waals surface area contributed by atoms with Gasteiger partial charge in [0.05, 0.1) is 6.33 Å². The van der Waals surface area contributed by atoms with E-state index in [1.165, 1.54) is 6.33 Å². The van der Waals surface area contributed by atoms with Crippen LogP contribution >= 0.6 is 0 Å². The minimum absolute atomic E-state index is 0.277. The second-order valence-corrected chi connectivity index (χ2v) is 8.14. The van der Waals surface area contributed by atoms with Crippen molar-refractivity contribution in [2.24, 2.45) is 0 Å². The van der Waals surface area contributed by atoms with Crippen LogP contribution in [0.2, 0.25) is 0 Å². The molecule has 3 aromatic rings. The van der Waals surface area contributed by atoms with Gasteiger partial charge in [0, 0.05) is 5.56 Å². The molecule has 2 bridgehead atoms. The Morgan fingerprint density at radius 3 is 2.77 bits per heavy atom. The van der Waals surface area contributed by atoms with Gasteiger partial charge >= 0.3 is 0 Å². The maximum absolute atomic E-state index is 12.5. The minimum Gasteiger partial charge on any atom is -0.387 e. The van der Waals surface area contributed by atoms with Crippen molar-refractivity contribution >= 4 is 22.9 Å². The van der Waals surface area contributed by atoms with Crippen molar-refractivity contribution in [1.82, 2.24) is 19.5 Å². The van der Waals surface area contributed by atoms with Gasteiger partial charge in [0.15, 0.2) is 23.2 Å². The topological polar surface area (TPSA) is 111 Å². The summed E-state index contributed by atoms with van der Waals surface area (Å²) in [7, 11) is 0. The number of benzene rings is 1. The number of amides is 1. The lowest BCUT2D eigenvalue weighted by atomic mass is 9.88. The number of imidazole rings is 1. The Hall–Kier alpha value is -2.88. The molecule has 2 aliphatic heterocycles. The van der Waals surface area contributed by atoms with Crippen molar-refractivity contribution in [2.75, 3.05) is 5.32 Å². The SMILES string of the molecule is CC[C@]12O[C@@H](n3cnc4c(NC(=O)c5ccccc5)ncnc43)C(OC13CC3)[C@H]2O. The van der Waals surface area contributed by atoms with Gasteiger partial charge in [-0.05, 0) is 31.4 Å². The second kappa shape index (κ2) is 6.07. The van der Waals surface area contributed by atoms with E-state index in [0.29, 0.717) is 29.0 Å². The summed E-state index contributed by atoms with van der Waals surface area (Å²) in [5.74, 6) is 0.0433. The van der Waals surface area contributed by atoms with Crippen LogP contribution in [0.3, 0.4) is 0 Å². The van der Waals surface area contributed by atoms with Crippen LogP contribution in [0.15, 0.2) is 43.0 Å². The first-order chi connectivity index (χ1) is 14.6. The third-order valence-corrected chi connectivity index (χ3v) is 6.66. The van der Waals surface area contributed by atoms with Crippen LogP contribution in [0.1, 0.15) is 42.8 Å². The highest BCUT2D eigenvalue weighted by Gasteiger charge is 2.77. The fraction of sp³-hybridized carbons (Fsp3) is 0.429. The minimum atomic E-state index is -0.702. The molecule has 1 spiro atoms. The molecule has 154 valence electrons. The predicted molar refractivity (Wildman–Crippen MR) is 106 cm³/mol. The molecule has 0 radical (unpaired) electrons. The van der Waals surface area contributed by atoms with Gasteiger partial charge in [-0.15, -0.1) is 0 Å². The summed E-state index contributed by atoms with van der Waals surface area (Å²) in [5, 5.41) is 13.7. The summed E-state index contributed by atoms with van der Waals surface area (Å²) in [5.41, 5.74) is 0.433. The number of hydrogen-bond donors (Lipinski definition) is 2. The first kappa shape index (κ1) is 17.9. The van der Waals surface area contributed by atoms with E-state index in [9.17, 15) is 9.90 Å². The van der Waals surface area contributed by atoms with Gasteiger partial charge in [-0.1, -0.05) is 25.1 Å². The first-order valence-corrected chi connectivity index (χ1v) is 10.2. The maximum Gasteiger partial charge on any atom is 0.256 e. The van der Waals surface area contributed by atoms with Gasteiger partial charge in [-0.25, -0.2) is 15.0 Å². The van der Waals surface area contributed by atoms with E-state index in [1.54, 1.807) is 35.2 Å². The number of carbonyl (C=O) groups is 1. The van der Waals surface area contributed by atoms with E-state index in [4.69, 9.17) is 9.47 Å². The lowest BCUT2D eigenvalue weighted by molar-refractivity contribution is -0.224. The Morgan fingerprint density at radius 1 is 1.23 bits per heavy atom. The average molecular weight is 407 g/mol. The molecule has 1 saturated carbocycles. The van der Waals surface area contributed by atoms with Crippen LogP contribution in [-0.4, -0.2) is 53.9 Å². The van der Waals surface area contributed by atoms with E-state index in [-0.39, 0.29) is 11.5 Å². The van der Waals surface area contributed by atoms with E-state index >= 15 is 0 Å². The molecular weight excluding hydrogens is 386 g/mol. The standard InChI is InChI=1S/C21H21N5O4/c1-2-21-15(27)14(29-20(21)8-9-20)19(30-21)26-11-24-13-16(22-10-23-17(13)26)25-18(28)12-6-4-3-5-7-12/h3-7,10-11,14-15,19,27H,2,8-9H2,1H3,(H,22,23,25,28)/t14?,15-,19-,21-/m1/s1. The molecule has 3 fully saturated rings. The van der Waals surface area contributed by atoms with Crippen LogP contribution in [-0.2, 0) is 9.47 Å². The summed E-state index contributed by atoms with van der Waals surface area (Å²) in [6.07, 6.45) is 3.73. The van der Waals surface area contributed by atoms with Crippen molar-refractivity contribution in [1.29, 1.82) is 0 Å². The third kappa shape index (κ3) is 2.22. The number of nitrogens with zero attached hydrogens (tertiary/aromatic N) is 4. The number of carbonyl (C=O) groups excluding carboxylic acids is 1. The van der Waals surface area contributed by atoms with E-state index < -0.39 is 24.0 Å². The van der Waals surface area contributed by atoms with Gasteiger partial charge in [-0.3, -0.25) is 9.36 Å². The molecule has 2 aromatic heterocycles. The predicted octanol–water partition coefficient (Wildman–Crippen LogP) is 2.05. The third-order valence-electron chi connectivity index (χ3n) is 6.66. The number of fused-ring (bicyclic) bond motifs is 4. The zero-order valence-corrected chi connectivity index (χ0v) is 16.4. The zero-order chi connectivity index (χ0) is 20.5. The van der Waals surface area contributed by atoms with Gasteiger partial charge < -0.3 is 19.9 Å². The van der Waals surface area contributed by atoms with Crippen LogP contribution < -0.4 is 5.32 Å². The number of hydrogen-bond acceptors (Lipinski definition) is 7. The number of ether oxygens (including phenoxy) is 2. The molecule has 9 nitrogen and oxygen atoms in total. The summed E-state index contributed by atoms with van der Waals surface area (Å²) < 4.78 is 14.5. The number of aliphatic hydroxyl groups is 1. The van der Waals surface area contributed by atoms with Crippen LogP contribution in [0.25, 0.3) is 11.2 Å². The summed E-state index contributed by atoms with van der Waals surface area (Å²) in [6.45, 7) is 2.02. The fourth-order valence-electron chi connectivity index (χ4n) is 5.02. The molecule has 1 aliphatic carbocycles. The molecular formula is C21H21N5O4. The largest absolute Gasteiger partial charge is 0.387 e. The Morgan fingerprint density at radius 2 is 2.03 bits per heavy atom.